The molecule has 0 amide bonds. The van der Waals surface area contributed by atoms with E-state index in [0.29, 0.717) is 6.04 Å². The normalized spacial score (nSPS) is 26.3. The highest BCUT2D eigenvalue weighted by atomic mass is 79.9. The van der Waals surface area contributed by atoms with E-state index in [9.17, 15) is 0 Å². The van der Waals surface area contributed by atoms with E-state index >= 15 is 0 Å². The molecule has 0 saturated carbocycles. The lowest BCUT2D eigenvalue weighted by Gasteiger charge is -2.37. The van der Waals surface area contributed by atoms with Crippen LogP contribution in [0.3, 0.4) is 0 Å². The van der Waals surface area contributed by atoms with Crippen molar-refractivity contribution in [3.63, 3.8) is 0 Å². The first-order valence-electron chi connectivity index (χ1n) is 7.32. The van der Waals surface area contributed by atoms with Gasteiger partial charge in [0.15, 0.2) is 0 Å². The van der Waals surface area contributed by atoms with Gasteiger partial charge in [0.2, 0.25) is 0 Å². The smallest absolute Gasteiger partial charge is 0.0318 e. The zero-order valence-corrected chi connectivity index (χ0v) is 13.6. The second kappa shape index (κ2) is 6.87. The average Bonchev–Trinajstić information content (AvgIpc) is 2.40. The fraction of sp³-hybridized carbons (Fsp3) is 0.625. The Balaban J connectivity index is 1.89. The first-order valence-corrected chi connectivity index (χ1v) is 8.11. The molecule has 0 aromatic heterocycles. The van der Waals surface area contributed by atoms with E-state index in [1.54, 1.807) is 0 Å². The Kier molecular flexibility index (Phi) is 5.43. The van der Waals surface area contributed by atoms with Crippen LogP contribution in [-0.4, -0.2) is 24.0 Å². The number of benzene rings is 1. The summed E-state index contributed by atoms with van der Waals surface area (Å²) in [5, 5.41) is 0. The molecular weight excluding hydrogens is 300 g/mol. The summed E-state index contributed by atoms with van der Waals surface area (Å²) in [5.41, 5.74) is 7.56. The first kappa shape index (κ1) is 15.0. The summed E-state index contributed by atoms with van der Waals surface area (Å²) in [6.45, 7) is 7.03. The molecule has 1 heterocycles. The maximum absolute atomic E-state index is 6.34. The maximum Gasteiger partial charge on any atom is 0.0318 e. The Morgan fingerprint density at radius 1 is 1.32 bits per heavy atom. The number of halogens is 1. The van der Waals surface area contributed by atoms with Gasteiger partial charge in [-0.05, 0) is 43.7 Å². The van der Waals surface area contributed by atoms with Crippen LogP contribution in [0.5, 0.6) is 0 Å². The zero-order valence-electron chi connectivity index (χ0n) is 12.0. The third kappa shape index (κ3) is 4.04. The molecule has 3 heteroatoms. The second-order valence-corrected chi connectivity index (χ2v) is 6.80. The van der Waals surface area contributed by atoms with Gasteiger partial charge in [-0.3, -0.25) is 0 Å². The first-order chi connectivity index (χ1) is 9.08. The van der Waals surface area contributed by atoms with Gasteiger partial charge in [0.1, 0.15) is 0 Å². The van der Waals surface area contributed by atoms with Gasteiger partial charge in [0.05, 0.1) is 0 Å². The minimum Gasteiger partial charge on any atom is -0.324 e. The van der Waals surface area contributed by atoms with Crippen molar-refractivity contribution in [2.75, 3.05) is 13.1 Å². The molecule has 1 fully saturated rings. The topological polar surface area (TPSA) is 29.3 Å². The van der Waals surface area contributed by atoms with Crippen molar-refractivity contribution < 1.29 is 0 Å². The van der Waals surface area contributed by atoms with Crippen LogP contribution in [0.15, 0.2) is 28.7 Å². The minimum absolute atomic E-state index is 0.125. The Morgan fingerprint density at radius 3 is 2.79 bits per heavy atom. The molecule has 0 radical (unpaired) electrons. The van der Waals surface area contributed by atoms with E-state index in [1.807, 2.05) is 6.07 Å². The van der Waals surface area contributed by atoms with E-state index in [4.69, 9.17) is 5.73 Å². The molecule has 19 heavy (non-hydrogen) atoms. The summed E-state index contributed by atoms with van der Waals surface area (Å²) < 4.78 is 1.13. The lowest BCUT2D eigenvalue weighted by atomic mass is 9.94. The molecule has 3 atom stereocenters. The molecular formula is C16H25BrN2. The zero-order chi connectivity index (χ0) is 13.8. The van der Waals surface area contributed by atoms with Crippen LogP contribution >= 0.6 is 15.9 Å². The van der Waals surface area contributed by atoms with Gasteiger partial charge < -0.3 is 10.6 Å². The van der Waals surface area contributed by atoms with Crippen molar-refractivity contribution in [1.29, 1.82) is 0 Å². The number of rotatable bonds is 4. The highest BCUT2D eigenvalue weighted by molar-refractivity contribution is 9.10. The number of piperidine rings is 1. The molecule has 0 bridgehead atoms. The third-order valence-corrected chi connectivity index (χ3v) is 5.00. The van der Waals surface area contributed by atoms with E-state index in [2.05, 4.69) is 52.9 Å². The molecule has 0 aliphatic carbocycles. The summed E-state index contributed by atoms with van der Waals surface area (Å²) >= 11 is 3.59. The fourth-order valence-corrected chi connectivity index (χ4v) is 3.51. The number of nitrogens with two attached hydrogens (primary N) is 1. The molecule has 2 nitrogen and oxygen atoms in total. The quantitative estimate of drug-likeness (QED) is 0.908. The van der Waals surface area contributed by atoms with Crippen LogP contribution < -0.4 is 5.73 Å². The van der Waals surface area contributed by atoms with Gasteiger partial charge in [0.25, 0.3) is 0 Å². The number of hydrogen-bond donors (Lipinski definition) is 1. The Hall–Kier alpha value is -0.380. The van der Waals surface area contributed by atoms with Crippen LogP contribution in [0, 0.1) is 5.92 Å². The van der Waals surface area contributed by atoms with E-state index < -0.39 is 0 Å². The summed E-state index contributed by atoms with van der Waals surface area (Å²) in [4.78, 5) is 2.60. The van der Waals surface area contributed by atoms with Crippen molar-refractivity contribution >= 4 is 15.9 Å². The van der Waals surface area contributed by atoms with Crippen molar-refractivity contribution in [2.24, 2.45) is 11.7 Å². The molecule has 106 valence electrons. The molecule has 1 aromatic carbocycles. The van der Waals surface area contributed by atoms with Crippen LogP contribution in [0.1, 0.15) is 44.7 Å². The third-order valence-electron chi connectivity index (χ3n) is 4.28. The van der Waals surface area contributed by atoms with Crippen molar-refractivity contribution in [3.8, 4) is 0 Å². The number of likely N-dealkylation sites (tertiary alicyclic amines) is 1. The van der Waals surface area contributed by atoms with E-state index in [-0.39, 0.29) is 6.04 Å². The second-order valence-electron chi connectivity index (χ2n) is 5.94. The minimum atomic E-state index is 0.125. The molecule has 3 unspecified atom stereocenters. The number of hydrogen-bond acceptors (Lipinski definition) is 2. The van der Waals surface area contributed by atoms with Crippen LogP contribution in [-0.2, 0) is 0 Å². The largest absolute Gasteiger partial charge is 0.324 e. The standard InChI is InChI=1S/C16H25BrN2/c1-12-7-8-13(2)19(11-12)10-9-16(18)14-5-3-4-6-15(14)17/h3-6,12-13,16H,7-11,18H2,1-2H3. The van der Waals surface area contributed by atoms with Gasteiger partial charge >= 0.3 is 0 Å². The molecule has 2 N–H and O–H groups in total. The average molecular weight is 325 g/mol. The molecule has 1 saturated heterocycles. The Labute approximate surface area is 125 Å². The van der Waals surface area contributed by atoms with Gasteiger partial charge in [-0.15, -0.1) is 0 Å². The van der Waals surface area contributed by atoms with Crippen LogP contribution in [0.25, 0.3) is 0 Å². The van der Waals surface area contributed by atoms with Crippen molar-refractivity contribution in [1.82, 2.24) is 4.90 Å². The summed E-state index contributed by atoms with van der Waals surface area (Å²) in [7, 11) is 0. The van der Waals surface area contributed by atoms with E-state index in [0.717, 1.165) is 23.4 Å². The predicted molar refractivity (Wildman–Crippen MR) is 85.1 cm³/mol. The highest BCUT2D eigenvalue weighted by Gasteiger charge is 2.23. The molecule has 1 aromatic rings. The predicted octanol–water partition coefficient (Wildman–Crippen LogP) is 3.96. The van der Waals surface area contributed by atoms with E-state index in [1.165, 1.54) is 24.9 Å². The fourth-order valence-electron chi connectivity index (χ4n) is 2.93. The molecule has 1 aliphatic rings. The van der Waals surface area contributed by atoms with Crippen LogP contribution in [0.4, 0.5) is 0 Å². The Morgan fingerprint density at radius 2 is 2.05 bits per heavy atom. The lowest BCUT2D eigenvalue weighted by molar-refractivity contribution is 0.121. The summed E-state index contributed by atoms with van der Waals surface area (Å²) in [5.74, 6) is 0.830. The number of nitrogens with zero attached hydrogens (tertiary/aromatic N) is 1. The Bertz CT molecular complexity index is 407. The van der Waals surface area contributed by atoms with Crippen molar-refractivity contribution in [3.05, 3.63) is 34.3 Å². The monoisotopic (exact) mass is 324 g/mol. The van der Waals surface area contributed by atoms with Gasteiger partial charge in [-0.25, -0.2) is 0 Å². The summed E-state index contributed by atoms with van der Waals surface area (Å²) in [6.07, 6.45) is 3.72. The van der Waals surface area contributed by atoms with Gasteiger partial charge in [-0.1, -0.05) is 41.1 Å². The van der Waals surface area contributed by atoms with Gasteiger partial charge in [-0.2, -0.15) is 0 Å². The SMILES string of the molecule is CC1CCC(C)N(CCC(N)c2ccccc2Br)C1. The van der Waals surface area contributed by atoms with Crippen LogP contribution in [0.2, 0.25) is 0 Å². The molecule has 0 spiro atoms. The summed E-state index contributed by atoms with van der Waals surface area (Å²) in [6, 6.07) is 9.13. The molecule has 2 rings (SSSR count). The van der Waals surface area contributed by atoms with Gasteiger partial charge in [0, 0.05) is 29.6 Å². The lowest BCUT2D eigenvalue weighted by Crippen LogP contribution is -2.42. The highest BCUT2D eigenvalue weighted by Crippen LogP contribution is 2.26. The molecule has 1 aliphatic heterocycles. The van der Waals surface area contributed by atoms with Crippen molar-refractivity contribution in [2.45, 2.75) is 45.2 Å². The maximum atomic E-state index is 6.34.